The molecule has 12 heavy (non-hydrogen) atoms. The zero-order chi connectivity index (χ0) is 8.97. The average molecular weight is 173 g/mol. The van der Waals surface area contributed by atoms with Crippen LogP contribution in [0.15, 0.2) is 0 Å². The van der Waals surface area contributed by atoms with Crippen molar-refractivity contribution in [2.75, 3.05) is 6.54 Å². The monoisotopic (exact) mass is 173 g/mol. The van der Waals surface area contributed by atoms with Gasteiger partial charge in [-0.05, 0) is 23.9 Å². The van der Waals surface area contributed by atoms with Crippen molar-refractivity contribution in [1.82, 2.24) is 20.2 Å². The minimum absolute atomic E-state index is 0.197. The fraction of sp³-hybridized carbons (Fsp3) is 0.833. The molecule has 1 heterocycles. The lowest BCUT2D eigenvalue weighted by molar-refractivity contribution is 0.303. The predicted octanol–water partition coefficient (Wildman–Crippen LogP) is -0.468. The number of alkyl halides is 1. The summed E-state index contributed by atoms with van der Waals surface area (Å²) in [5, 5.41) is 10.8. The molecule has 0 aliphatic rings. The average Bonchev–Trinajstić information content (AvgIpc) is 2.37. The Hall–Kier alpha value is -1.04. The van der Waals surface area contributed by atoms with Gasteiger partial charge in [-0.15, -0.1) is 5.10 Å². The maximum absolute atomic E-state index is 12.5. The van der Waals surface area contributed by atoms with E-state index in [1.807, 2.05) is 0 Å². The van der Waals surface area contributed by atoms with Crippen LogP contribution >= 0.6 is 0 Å². The Morgan fingerprint density at radius 2 is 2.42 bits per heavy atom. The molecule has 68 valence electrons. The fourth-order valence-corrected chi connectivity index (χ4v) is 0.911. The van der Waals surface area contributed by atoms with Crippen molar-refractivity contribution >= 4 is 0 Å². The van der Waals surface area contributed by atoms with Gasteiger partial charge in [0.25, 0.3) is 0 Å². The van der Waals surface area contributed by atoms with E-state index in [1.165, 1.54) is 11.6 Å². The van der Waals surface area contributed by atoms with E-state index in [4.69, 9.17) is 5.73 Å². The van der Waals surface area contributed by atoms with Gasteiger partial charge in [-0.1, -0.05) is 0 Å². The van der Waals surface area contributed by atoms with Crippen molar-refractivity contribution in [3.8, 4) is 0 Å². The molecule has 0 fully saturated rings. The molecular weight excluding hydrogens is 161 g/mol. The normalized spacial score (nSPS) is 13.2. The van der Waals surface area contributed by atoms with Crippen molar-refractivity contribution < 1.29 is 4.39 Å². The highest BCUT2D eigenvalue weighted by Gasteiger charge is 2.07. The number of rotatable bonds is 4. The molecule has 1 unspecified atom stereocenters. The molecule has 1 atom stereocenters. The molecular formula is C6H12FN5. The molecule has 0 bridgehead atoms. The Morgan fingerprint density at radius 3 is 3.00 bits per heavy atom. The summed E-state index contributed by atoms with van der Waals surface area (Å²) in [6, 6.07) is 0. The molecule has 0 amide bonds. The summed E-state index contributed by atoms with van der Waals surface area (Å²) in [5.41, 5.74) is 5.32. The lowest BCUT2D eigenvalue weighted by Gasteiger charge is -2.03. The lowest BCUT2D eigenvalue weighted by atomic mass is 10.4. The highest BCUT2D eigenvalue weighted by Crippen LogP contribution is 1.97. The van der Waals surface area contributed by atoms with Crippen LogP contribution in [0.3, 0.4) is 0 Å². The Balaban J connectivity index is 2.63. The van der Waals surface area contributed by atoms with Crippen LogP contribution in [0.25, 0.3) is 0 Å². The van der Waals surface area contributed by atoms with Crippen LogP contribution in [-0.2, 0) is 13.0 Å². The topological polar surface area (TPSA) is 69.6 Å². The fourth-order valence-electron chi connectivity index (χ4n) is 0.911. The van der Waals surface area contributed by atoms with Gasteiger partial charge < -0.3 is 5.73 Å². The standard InChI is InChI=1S/C6H12FN5/c1-5(7)4-12-6(2-3-8)9-10-11-12/h5H,2-4,8H2,1H3. The number of aromatic nitrogens is 4. The third-order valence-corrected chi connectivity index (χ3v) is 1.40. The van der Waals surface area contributed by atoms with Crippen LogP contribution in [0.2, 0.25) is 0 Å². The first-order chi connectivity index (χ1) is 5.74. The molecule has 6 heteroatoms. The van der Waals surface area contributed by atoms with Gasteiger partial charge in [-0.3, -0.25) is 0 Å². The van der Waals surface area contributed by atoms with E-state index in [0.29, 0.717) is 18.8 Å². The maximum Gasteiger partial charge on any atom is 0.152 e. The second-order valence-corrected chi connectivity index (χ2v) is 2.60. The zero-order valence-corrected chi connectivity index (χ0v) is 6.94. The smallest absolute Gasteiger partial charge is 0.152 e. The summed E-state index contributed by atoms with van der Waals surface area (Å²) in [5.74, 6) is 0.641. The van der Waals surface area contributed by atoms with Crippen molar-refractivity contribution in [3.05, 3.63) is 5.82 Å². The van der Waals surface area contributed by atoms with E-state index in [-0.39, 0.29) is 6.54 Å². The van der Waals surface area contributed by atoms with Crippen LogP contribution in [-0.4, -0.2) is 32.9 Å². The SMILES string of the molecule is CC(F)Cn1nnnc1CCN. The van der Waals surface area contributed by atoms with E-state index in [2.05, 4.69) is 15.5 Å². The summed E-state index contributed by atoms with van der Waals surface area (Å²) in [6.07, 6.45) is -0.357. The summed E-state index contributed by atoms with van der Waals surface area (Å²) < 4.78 is 14.0. The molecule has 1 rings (SSSR count). The molecule has 2 N–H and O–H groups in total. The molecule has 0 saturated carbocycles. The molecule has 1 aromatic heterocycles. The Morgan fingerprint density at radius 1 is 1.67 bits per heavy atom. The van der Waals surface area contributed by atoms with Crippen molar-refractivity contribution in [2.24, 2.45) is 5.73 Å². The quantitative estimate of drug-likeness (QED) is 0.668. The molecule has 5 nitrogen and oxygen atoms in total. The predicted molar refractivity (Wildman–Crippen MR) is 41.1 cm³/mol. The van der Waals surface area contributed by atoms with Crippen molar-refractivity contribution in [2.45, 2.75) is 26.1 Å². The number of hydrogen-bond donors (Lipinski definition) is 1. The first-order valence-corrected chi connectivity index (χ1v) is 3.83. The minimum Gasteiger partial charge on any atom is -0.330 e. The maximum atomic E-state index is 12.5. The molecule has 0 spiro atoms. The number of hydrogen-bond acceptors (Lipinski definition) is 4. The highest BCUT2D eigenvalue weighted by atomic mass is 19.1. The van der Waals surface area contributed by atoms with Gasteiger partial charge in [0.15, 0.2) is 5.82 Å². The van der Waals surface area contributed by atoms with Crippen LogP contribution in [0.1, 0.15) is 12.7 Å². The van der Waals surface area contributed by atoms with Gasteiger partial charge in [0.2, 0.25) is 0 Å². The van der Waals surface area contributed by atoms with Crippen LogP contribution in [0.5, 0.6) is 0 Å². The minimum atomic E-state index is -0.940. The molecule has 0 saturated heterocycles. The molecule has 0 radical (unpaired) electrons. The molecule has 0 aromatic carbocycles. The summed E-state index contributed by atoms with van der Waals surface area (Å²) in [4.78, 5) is 0. The largest absolute Gasteiger partial charge is 0.330 e. The van der Waals surface area contributed by atoms with Gasteiger partial charge in [-0.2, -0.15) is 0 Å². The van der Waals surface area contributed by atoms with E-state index >= 15 is 0 Å². The van der Waals surface area contributed by atoms with E-state index in [0.717, 1.165) is 0 Å². The summed E-state index contributed by atoms with van der Waals surface area (Å²) in [6.45, 7) is 2.14. The van der Waals surface area contributed by atoms with Gasteiger partial charge in [0.05, 0.1) is 6.54 Å². The van der Waals surface area contributed by atoms with E-state index < -0.39 is 6.17 Å². The Kier molecular flexibility index (Phi) is 3.09. The van der Waals surface area contributed by atoms with Crippen LogP contribution in [0.4, 0.5) is 4.39 Å². The highest BCUT2D eigenvalue weighted by molar-refractivity contribution is 4.81. The third kappa shape index (κ3) is 2.23. The van der Waals surface area contributed by atoms with Crippen LogP contribution in [0, 0.1) is 0 Å². The van der Waals surface area contributed by atoms with Gasteiger partial charge in [-0.25, -0.2) is 9.07 Å². The second-order valence-electron chi connectivity index (χ2n) is 2.60. The molecule has 0 aliphatic heterocycles. The van der Waals surface area contributed by atoms with Crippen molar-refractivity contribution in [3.63, 3.8) is 0 Å². The van der Waals surface area contributed by atoms with E-state index in [9.17, 15) is 4.39 Å². The molecule has 1 aromatic rings. The lowest BCUT2D eigenvalue weighted by Crippen LogP contribution is -2.15. The zero-order valence-electron chi connectivity index (χ0n) is 6.94. The summed E-state index contributed by atoms with van der Waals surface area (Å²) >= 11 is 0. The number of nitrogens with two attached hydrogens (primary N) is 1. The number of nitrogens with zero attached hydrogens (tertiary/aromatic N) is 4. The summed E-state index contributed by atoms with van der Waals surface area (Å²) in [7, 11) is 0. The number of halogens is 1. The number of tetrazole rings is 1. The first-order valence-electron chi connectivity index (χ1n) is 3.83. The third-order valence-electron chi connectivity index (χ3n) is 1.40. The second kappa shape index (κ2) is 4.10. The van der Waals surface area contributed by atoms with Gasteiger partial charge in [0.1, 0.15) is 6.17 Å². The van der Waals surface area contributed by atoms with Gasteiger partial charge >= 0.3 is 0 Å². The first kappa shape index (κ1) is 9.05. The van der Waals surface area contributed by atoms with Crippen molar-refractivity contribution in [1.29, 1.82) is 0 Å². The van der Waals surface area contributed by atoms with E-state index in [1.54, 1.807) is 0 Å². The molecule has 0 aliphatic carbocycles. The van der Waals surface area contributed by atoms with Gasteiger partial charge in [0, 0.05) is 6.42 Å². The Bertz CT molecular complexity index is 234. The Labute approximate surface area is 69.7 Å². The van der Waals surface area contributed by atoms with Crippen LogP contribution < -0.4 is 5.73 Å².